The van der Waals surface area contributed by atoms with Crippen molar-refractivity contribution in [1.82, 2.24) is 0 Å². The van der Waals surface area contributed by atoms with Gasteiger partial charge in [-0.05, 0) is 59.5 Å². The summed E-state index contributed by atoms with van der Waals surface area (Å²) >= 11 is 0. The number of nitrogens with two attached hydrogens (primary N) is 1. The number of benzene rings is 2. The van der Waals surface area contributed by atoms with Crippen LogP contribution in [0.4, 0.5) is 10.5 Å². The Bertz CT molecular complexity index is 1210. The summed E-state index contributed by atoms with van der Waals surface area (Å²) in [5.41, 5.74) is 3.40. The first-order valence-corrected chi connectivity index (χ1v) is 13.5. The molecule has 0 aliphatic rings. The van der Waals surface area contributed by atoms with Crippen LogP contribution < -0.4 is 10.5 Å². The van der Waals surface area contributed by atoms with E-state index in [0.29, 0.717) is 12.2 Å². The molecule has 2 rings (SSSR count). The van der Waals surface area contributed by atoms with Gasteiger partial charge in [0.1, 0.15) is 9.92 Å². The van der Waals surface area contributed by atoms with Crippen LogP contribution >= 0.6 is 0 Å². The van der Waals surface area contributed by atoms with Gasteiger partial charge in [-0.15, -0.1) is 4.36 Å². The maximum Gasteiger partial charge on any atom is 0.354 e. The fourth-order valence-electron chi connectivity index (χ4n) is 3.22. The van der Waals surface area contributed by atoms with Crippen molar-refractivity contribution in [3.63, 3.8) is 0 Å². The molecule has 3 N–H and O–H groups in total. The highest BCUT2D eigenvalue weighted by atomic mass is 32.2. The summed E-state index contributed by atoms with van der Waals surface area (Å²) in [6, 6.07) is 8.24. The number of aliphatic imine (C=N–C) groups is 1. The molecule has 2 aromatic rings. The van der Waals surface area contributed by atoms with Gasteiger partial charge in [0.2, 0.25) is 0 Å². The maximum absolute atomic E-state index is 12.9. The molecule has 0 heterocycles. The van der Waals surface area contributed by atoms with Gasteiger partial charge in [0.05, 0.1) is 16.3 Å². The normalized spacial score (nSPS) is 13.6. The molecule has 32 heavy (non-hydrogen) atoms. The maximum atomic E-state index is 12.9. The van der Waals surface area contributed by atoms with E-state index in [1.807, 2.05) is 39.8 Å². The lowest BCUT2D eigenvalue weighted by Gasteiger charge is -2.21. The van der Waals surface area contributed by atoms with E-state index in [0.717, 1.165) is 22.9 Å². The van der Waals surface area contributed by atoms with Gasteiger partial charge in [-0.3, -0.25) is 4.99 Å². The standard InChI is InChI=1S/C22H30N4O4S2/c1-14(2)19-11-16(13-24-5)12-20(15(3)4)21(19)25-22(27)26-32(23,30)18-9-7-17(8-10-18)31(6,28)29/h7-12,14-15H,5,13H2,1-4,6H3,(H3,23,25,26,27,30). The summed E-state index contributed by atoms with van der Waals surface area (Å²) in [5.74, 6) is 0.191. The lowest BCUT2D eigenvalue weighted by atomic mass is 9.90. The zero-order chi connectivity index (χ0) is 24.3. The molecular formula is C22H30N4O4S2. The Balaban J connectivity index is 2.48. The number of hydrogen-bond donors (Lipinski definition) is 2. The highest BCUT2D eigenvalue weighted by Gasteiger charge is 2.19. The summed E-state index contributed by atoms with van der Waals surface area (Å²) < 4.78 is 39.8. The number of carbonyl (C=O) groups is 1. The third kappa shape index (κ3) is 6.24. The van der Waals surface area contributed by atoms with Crippen LogP contribution in [-0.4, -0.2) is 31.6 Å². The van der Waals surface area contributed by atoms with Gasteiger partial charge in [0.25, 0.3) is 0 Å². The van der Waals surface area contributed by atoms with Crippen LogP contribution in [0.3, 0.4) is 0 Å². The van der Waals surface area contributed by atoms with E-state index in [-0.39, 0.29) is 21.6 Å². The molecule has 0 aliphatic heterocycles. The minimum atomic E-state index is -3.58. The molecule has 0 aliphatic carbocycles. The number of anilines is 1. The molecule has 0 saturated carbocycles. The van der Waals surface area contributed by atoms with E-state index in [4.69, 9.17) is 5.14 Å². The summed E-state index contributed by atoms with van der Waals surface area (Å²) in [7, 11) is -7.00. The average molecular weight is 479 g/mol. The third-order valence-electron chi connectivity index (χ3n) is 4.84. The molecule has 174 valence electrons. The van der Waals surface area contributed by atoms with Crippen molar-refractivity contribution in [2.75, 3.05) is 11.6 Å². The van der Waals surface area contributed by atoms with Crippen LogP contribution in [0.25, 0.3) is 0 Å². The van der Waals surface area contributed by atoms with Gasteiger partial charge in [-0.25, -0.2) is 22.6 Å². The Morgan fingerprint density at radius 1 is 1.00 bits per heavy atom. The van der Waals surface area contributed by atoms with Crippen LogP contribution in [-0.2, 0) is 26.3 Å². The van der Waals surface area contributed by atoms with Gasteiger partial charge < -0.3 is 5.32 Å². The smallest absolute Gasteiger partial charge is 0.305 e. The fourth-order valence-corrected chi connectivity index (χ4v) is 4.77. The van der Waals surface area contributed by atoms with E-state index in [2.05, 4.69) is 21.4 Å². The highest BCUT2D eigenvalue weighted by molar-refractivity contribution is 7.92. The van der Waals surface area contributed by atoms with Crippen LogP contribution in [0.15, 0.2) is 55.5 Å². The number of sulfone groups is 1. The van der Waals surface area contributed by atoms with Gasteiger partial charge >= 0.3 is 6.03 Å². The number of nitrogens with one attached hydrogen (secondary N) is 1. The second kappa shape index (κ2) is 9.93. The Morgan fingerprint density at radius 2 is 1.47 bits per heavy atom. The van der Waals surface area contributed by atoms with Crippen molar-refractivity contribution in [3.8, 4) is 0 Å². The molecule has 2 aromatic carbocycles. The van der Waals surface area contributed by atoms with Crippen molar-refractivity contribution < 1.29 is 17.4 Å². The summed E-state index contributed by atoms with van der Waals surface area (Å²) in [6.45, 7) is 12.0. The topological polar surface area (TPSA) is 131 Å². The van der Waals surface area contributed by atoms with E-state index >= 15 is 0 Å². The quantitative estimate of drug-likeness (QED) is 0.568. The largest absolute Gasteiger partial charge is 0.354 e. The molecule has 1 atom stereocenters. The highest BCUT2D eigenvalue weighted by Crippen LogP contribution is 2.34. The Hall–Kier alpha value is -2.56. The van der Waals surface area contributed by atoms with Gasteiger partial charge in [0.15, 0.2) is 9.84 Å². The number of nitrogens with zero attached hydrogens (tertiary/aromatic N) is 2. The second-order valence-electron chi connectivity index (χ2n) is 8.17. The molecule has 0 bridgehead atoms. The van der Waals surface area contributed by atoms with Crippen molar-refractivity contribution in [2.45, 2.75) is 55.9 Å². The molecule has 8 nitrogen and oxygen atoms in total. The van der Waals surface area contributed by atoms with Gasteiger partial charge in [0, 0.05) is 11.9 Å². The molecule has 10 heteroatoms. The van der Waals surface area contributed by atoms with Crippen LogP contribution in [0, 0.1) is 0 Å². The van der Waals surface area contributed by atoms with E-state index in [9.17, 15) is 17.4 Å². The molecule has 1 unspecified atom stereocenters. The second-order valence-corrected chi connectivity index (χ2v) is 12.0. The third-order valence-corrected chi connectivity index (χ3v) is 7.35. The Labute approximate surface area is 190 Å². The summed E-state index contributed by atoms with van der Waals surface area (Å²) in [6.07, 6.45) is 1.06. The number of urea groups is 1. The van der Waals surface area contributed by atoms with Crippen molar-refractivity contribution in [2.24, 2.45) is 14.5 Å². The van der Waals surface area contributed by atoms with Gasteiger partial charge in [-0.1, -0.05) is 39.8 Å². The van der Waals surface area contributed by atoms with Crippen LogP contribution in [0.5, 0.6) is 0 Å². The van der Waals surface area contributed by atoms with Crippen molar-refractivity contribution in [3.05, 3.63) is 53.1 Å². The predicted octanol–water partition coefficient (Wildman–Crippen LogP) is 4.47. The molecule has 0 saturated heterocycles. The lowest BCUT2D eigenvalue weighted by molar-refractivity contribution is 0.260. The zero-order valence-corrected chi connectivity index (χ0v) is 20.6. The van der Waals surface area contributed by atoms with Crippen LogP contribution in [0.1, 0.15) is 56.2 Å². The fraction of sp³-hybridized carbons (Fsp3) is 0.364. The monoisotopic (exact) mass is 478 g/mol. The molecule has 0 radical (unpaired) electrons. The minimum absolute atomic E-state index is 0.0538. The van der Waals surface area contributed by atoms with E-state index in [1.54, 1.807) is 0 Å². The average Bonchev–Trinajstić information content (AvgIpc) is 2.67. The lowest BCUT2D eigenvalue weighted by Crippen LogP contribution is -2.19. The molecular weight excluding hydrogens is 448 g/mol. The first-order valence-electron chi connectivity index (χ1n) is 10.0. The first kappa shape index (κ1) is 25.7. The Kier molecular flexibility index (Phi) is 7.97. The summed E-state index contributed by atoms with van der Waals surface area (Å²) in [4.78, 5) is 16.8. The minimum Gasteiger partial charge on any atom is -0.305 e. The first-order chi connectivity index (χ1) is 14.8. The van der Waals surface area contributed by atoms with Crippen molar-refractivity contribution >= 4 is 38.2 Å². The van der Waals surface area contributed by atoms with E-state index < -0.39 is 25.8 Å². The number of hydrogen-bond acceptors (Lipinski definition) is 5. The molecule has 2 amide bonds. The number of amides is 2. The zero-order valence-electron chi connectivity index (χ0n) is 19.0. The number of carbonyl (C=O) groups excluding carboxylic acids is 1. The predicted molar refractivity (Wildman–Crippen MR) is 129 cm³/mol. The van der Waals surface area contributed by atoms with E-state index in [1.165, 1.54) is 24.3 Å². The van der Waals surface area contributed by atoms with Gasteiger partial charge in [-0.2, -0.15) is 0 Å². The Morgan fingerprint density at radius 3 is 1.88 bits per heavy atom. The SMILES string of the molecule is C=NCc1cc(C(C)C)c(NC(=O)N=S(N)(=O)c2ccc(S(C)(=O)=O)cc2)c(C(C)C)c1. The molecule has 0 aromatic heterocycles. The van der Waals surface area contributed by atoms with Crippen LogP contribution in [0.2, 0.25) is 0 Å². The molecule has 0 fully saturated rings. The summed E-state index contributed by atoms with van der Waals surface area (Å²) in [5, 5.41) is 8.61. The van der Waals surface area contributed by atoms with Crippen molar-refractivity contribution in [1.29, 1.82) is 0 Å². The molecule has 0 spiro atoms. The number of rotatable bonds is 7.